The fourth-order valence-corrected chi connectivity index (χ4v) is 1.88. The molecule has 2 aromatic carbocycles. The predicted octanol–water partition coefficient (Wildman–Crippen LogP) is 1.17. The lowest BCUT2D eigenvalue weighted by atomic mass is 10.2. The van der Waals surface area contributed by atoms with E-state index in [1.54, 1.807) is 24.3 Å². The number of hydrogen-bond donors (Lipinski definition) is 3. The minimum Gasteiger partial charge on any atom is -0.482 e. The van der Waals surface area contributed by atoms with Gasteiger partial charge in [0.05, 0.1) is 12.8 Å². The Balaban J connectivity index is 1.75. The molecule has 0 atom stereocenters. The van der Waals surface area contributed by atoms with Gasteiger partial charge in [0.25, 0.3) is 11.8 Å². The number of carboxylic acid groups (broad SMARTS) is 1. The van der Waals surface area contributed by atoms with E-state index >= 15 is 0 Å². The van der Waals surface area contributed by atoms with Crippen LogP contribution in [0.1, 0.15) is 15.9 Å². The first-order valence-electron chi connectivity index (χ1n) is 7.74. The Morgan fingerprint density at radius 2 is 1.74 bits per heavy atom. The topological polar surface area (TPSA) is 117 Å². The normalized spacial score (nSPS) is 10.4. The Morgan fingerprint density at radius 3 is 2.37 bits per heavy atom. The van der Waals surface area contributed by atoms with Crippen LogP contribution in [0.5, 0.6) is 5.75 Å². The number of carboxylic acids is 1. The lowest BCUT2D eigenvalue weighted by Gasteiger charge is -2.04. The van der Waals surface area contributed by atoms with Crippen molar-refractivity contribution >= 4 is 24.0 Å². The highest BCUT2D eigenvalue weighted by molar-refractivity contribution is 5.96. The van der Waals surface area contributed by atoms with E-state index in [0.29, 0.717) is 11.3 Å². The van der Waals surface area contributed by atoms with E-state index in [-0.39, 0.29) is 12.1 Å². The number of amides is 2. The lowest BCUT2D eigenvalue weighted by molar-refractivity contribution is -0.139. The van der Waals surface area contributed by atoms with Crippen LogP contribution in [0.2, 0.25) is 0 Å². The van der Waals surface area contributed by atoms with Crippen molar-refractivity contribution in [2.24, 2.45) is 5.10 Å². The molecule has 0 spiro atoms. The molecule has 8 nitrogen and oxygen atoms in total. The van der Waals surface area contributed by atoms with Gasteiger partial charge in [0.15, 0.2) is 6.61 Å². The third kappa shape index (κ3) is 6.94. The zero-order chi connectivity index (χ0) is 19.6. The molecule has 0 aliphatic heterocycles. The molecular formula is C18H16FN3O5. The van der Waals surface area contributed by atoms with Gasteiger partial charge in [0.2, 0.25) is 0 Å². The third-order valence-corrected chi connectivity index (χ3v) is 3.16. The summed E-state index contributed by atoms with van der Waals surface area (Å²) in [4.78, 5) is 33.8. The monoisotopic (exact) mass is 373 g/mol. The summed E-state index contributed by atoms with van der Waals surface area (Å²) in [5.41, 5.74) is 3.13. The van der Waals surface area contributed by atoms with Crippen molar-refractivity contribution in [3.05, 3.63) is 65.5 Å². The second kappa shape index (κ2) is 9.66. The summed E-state index contributed by atoms with van der Waals surface area (Å²) in [5.74, 6) is -2.19. The number of ether oxygens (including phenoxy) is 1. The molecule has 27 heavy (non-hydrogen) atoms. The maximum Gasteiger partial charge on any atom is 0.341 e. The van der Waals surface area contributed by atoms with Gasteiger partial charge in [-0.1, -0.05) is 0 Å². The first-order valence-corrected chi connectivity index (χ1v) is 7.74. The van der Waals surface area contributed by atoms with E-state index in [1.807, 2.05) is 0 Å². The van der Waals surface area contributed by atoms with Crippen molar-refractivity contribution in [2.45, 2.75) is 0 Å². The summed E-state index contributed by atoms with van der Waals surface area (Å²) in [7, 11) is 0. The van der Waals surface area contributed by atoms with Gasteiger partial charge in [0, 0.05) is 5.56 Å². The zero-order valence-corrected chi connectivity index (χ0v) is 14.0. The summed E-state index contributed by atoms with van der Waals surface area (Å²) in [5, 5.41) is 14.7. The number of nitrogens with zero attached hydrogens (tertiary/aromatic N) is 1. The Hall–Kier alpha value is -3.75. The quantitative estimate of drug-likeness (QED) is 0.474. The van der Waals surface area contributed by atoms with Crippen molar-refractivity contribution in [3.63, 3.8) is 0 Å². The first-order chi connectivity index (χ1) is 12.9. The van der Waals surface area contributed by atoms with Crippen LogP contribution in [0, 0.1) is 5.82 Å². The standard InChI is InChI=1S/C18H16FN3O5/c19-14-5-3-13(4-6-14)18(26)20-10-16(23)22-21-9-12-1-7-15(8-2-12)27-11-17(24)25/h1-9H,10-11H2,(H,20,26)(H,22,23)(H,24,25)/b21-9-. The Kier molecular flexibility index (Phi) is 7.00. The van der Waals surface area contributed by atoms with Crippen molar-refractivity contribution in [1.29, 1.82) is 0 Å². The second-order valence-electron chi connectivity index (χ2n) is 5.23. The third-order valence-electron chi connectivity index (χ3n) is 3.16. The first kappa shape index (κ1) is 19.6. The fourth-order valence-electron chi connectivity index (χ4n) is 1.88. The smallest absolute Gasteiger partial charge is 0.341 e. The minimum atomic E-state index is -1.07. The van der Waals surface area contributed by atoms with Gasteiger partial charge in [-0.05, 0) is 54.1 Å². The molecule has 2 aromatic rings. The van der Waals surface area contributed by atoms with Crippen LogP contribution in [0.25, 0.3) is 0 Å². The maximum absolute atomic E-state index is 12.8. The molecular weight excluding hydrogens is 357 g/mol. The van der Waals surface area contributed by atoms with Crippen molar-refractivity contribution in [1.82, 2.24) is 10.7 Å². The van der Waals surface area contributed by atoms with Gasteiger partial charge in [-0.25, -0.2) is 14.6 Å². The number of hydrazone groups is 1. The van der Waals surface area contributed by atoms with E-state index in [9.17, 15) is 18.8 Å². The van der Waals surface area contributed by atoms with Crippen LogP contribution in [-0.2, 0) is 9.59 Å². The number of nitrogens with one attached hydrogen (secondary N) is 2. The van der Waals surface area contributed by atoms with Gasteiger partial charge in [0.1, 0.15) is 11.6 Å². The lowest BCUT2D eigenvalue weighted by Crippen LogP contribution is -2.34. The molecule has 0 unspecified atom stereocenters. The maximum atomic E-state index is 12.8. The van der Waals surface area contributed by atoms with Gasteiger partial charge in [-0.3, -0.25) is 9.59 Å². The van der Waals surface area contributed by atoms with Gasteiger partial charge >= 0.3 is 5.97 Å². The average Bonchev–Trinajstić information content (AvgIpc) is 2.66. The number of aliphatic carboxylic acids is 1. The molecule has 140 valence electrons. The SMILES string of the molecule is O=C(O)COc1ccc(/C=N\NC(=O)CNC(=O)c2ccc(F)cc2)cc1. The fraction of sp³-hybridized carbons (Fsp3) is 0.111. The summed E-state index contributed by atoms with van der Waals surface area (Å²) >= 11 is 0. The van der Waals surface area contributed by atoms with Crippen LogP contribution in [-0.4, -0.2) is 42.3 Å². The van der Waals surface area contributed by atoms with E-state index in [4.69, 9.17) is 9.84 Å². The molecule has 0 saturated heterocycles. The molecule has 0 aliphatic rings. The van der Waals surface area contributed by atoms with Crippen LogP contribution in [0.3, 0.4) is 0 Å². The van der Waals surface area contributed by atoms with E-state index < -0.39 is 30.2 Å². The van der Waals surface area contributed by atoms with Crippen LogP contribution in [0.4, 0.5) is 4.39 Å². The molecule has 9 heteroatoms. The molecule has 0 aliphatic carbocycles. The van der Waals surface area contributed by atoms with Gasteiger partial charge < -0.3 is 15.2 Å². The number of rotatable bonds is 8. The minimum absolute atomic E-state index is 0.234. The molecule has 0 bridgehead atoms. The van der Waals surface area contributed by atoms with Crippen molar-refractivity contribution in [3.8, 4) is 5.75 Å². The van der Waals surface area contributed by atoms with E-state index in [2.05, 4.69) is 15.8 Å². The summed E-state index contributed by atoms with van der Waals surface area (Å²) < 4.78 is 17.8. The van der Waals surface area contributed by atoms with E-state index in [1.165, 1.54) is 18.3 Å². The molecule has 0 fully saturated rings. The molecule has 0 heterocycles. The molecule has 2 rings (SSSR count). The van der Waals surface area contributed by atoms with E-state index in [0.717, 1.165) is 12.1 Å². The molecule has 2 amide bonds. The van der Waals surface area contributed by atoms with Crippen LogP contribution >= 0.6 is 0 Å². The van der Waals surface area contributed by atoms with Crippen LogP contribution < -0.4 is 15.5 Å². The average molecular weight is 373 g/mol. The highest BCUT2D eigenvalue weighted by Crippen LogP contribution is 2.10. The summed E-state index contributed by atoms with van der Waals surface area (Å²) in [6, 6.07) is 11.3. The van der Waals surface area contributed by atoms with Gasteiger partial charge in [-0.2, -0.15) is 5.10 Å². The number of carbonyl (C=O) groups excluding carboxylic acids is 2. The largest absolute Gasteiger partial charge is 0.482 e. The summed E-state index contributed by atoms with van der Waals surface area (Å²) in [6.45, 7) is -0.733. The Morgan fingerprint density at radius 1 is 1.07 bits per heavy atom. The second-order valence-corrected chi connectivity index (χ2v) is 5.23. The molecule has 3 N–H and O–H groups in total. The van der Waals surface area contributed by atoms with Crippen molar-refractivity contribution < 1.29 is 28.6 Å². The molecule has 0 aromatic heterocycles. The number of benzene rings is 2. The Labute approximate surface area is 153 Å². The highest BCUT2D eigenvalue weighted by atomic mass is 19.1. The number of halogens is 1. The van der Waals surface area contributed by atoms with Crippen LogP contribution in [0.15, 0.2) is 53.6 Å². The summed E-state index contributed by atoms with van der Waals surface area (Å²) in [6.07, 6.45) is 1.38. The zero-order valence-electron chi connectivity index (χ0n) is 14.0. The Bertz CT molecular complexity index is 835. The highest BCUT2D eigenvalue weighted by Gasteiger charge is 2.07. The number of carbonyl (C=O) groups is 3. The molecule has 0 radical (unpaired) electrons. The predicted molar refractivity (Wildman–Crippen MR) is 94.0 cm³/mol. The number of hydrogen-bond acceptors (Lipinski definition) is 5. The van der Waals surface area contributed by atoms with Crippen molar-refractivity contribution in [2.75, 3.05) is 13.2 Å². The molecule has 0 saturated carbocycles. The van der Waals surface area contributed by atoms with Gasteiger partial charge in [-0.15, -0.1) is 0 Å².